The first-order valence-electron chi connectivity index (χ1n) is 11.9. The summed E-state index contributed by atoms with van der Waals surface area (Å²) in [6.07, 6.45) is 1.70. The van der Waals surface area contributed by atoms with Gasteiger partial charge in [0.25, 0.3) is 0 Å². The van der Waals surface area contributed by atoms with Gasteiger partial charge in [0, 0.05) is 46.7 Å². The number of hydrogen-bond acceptors (Lipinski definition) is 5. The molecule has 2 aromatic carbocycles. The number of nitrogens with one attached hydrogen (secondary N) is 1. The summed E-state index contributed by atoms with van der Waals surface area (Å²) in [7, 11) is 2.97. The highest BCUT2D eigenvalue weighted by molar-refractivity contribution is 6.00. The predicted molar refractivity (Wildman–Crippen MR) is 134 cm³/mol. The number of methoxy groups -OCH3 is 2. The van der Waals surface area contributed by atoms with Crippen LogP contribution in [0.3, 0.4) is 0 Å². The van der Waals surface area contributed by atoms with Crippen molar-refractivity contribution < 1.29 is 32.9 Å². The van der Waals surface area contributed by atoms with Crippen LogP contribution in [0.25, 0.3) is 27.5 Å². The number of nitrogens with zero attached hydrogens (tertiary/aromatic N) is 2. The highest BCUT2D eigenvalue weighted by Gasteiger charge is 2.46. The molecule has 0 bridgehead atoms. The second-order valence-corrected chi connectivity index (χ2v) is 10.4. The minimum Gasteiger partial charge on any atom is -0.494 e. The summed E-state index contributed by atoms with van der Waals surface area (Å²) in [5.74, 6) is -2.47. The normalized spacial score (nSPS) is 20.2. The maximum Gasteiger partial charge on any atom is 0.335 e. The second kappa shape index (κ2) is 8.81. The van der Waals surface area contributed by atoms with E-state index in [0.717, 1.165) is 5.69 Å². The molecule has 2 aromatic heterocycles. The molecule has 10 heteroatoms. The van der Waals surface area contributed by atoms with Crippen molar-refractivity contribution in [3.8, 4) is 11.4 Å². The number of ether oxygens (including phenoxy) is 3. The molecule has 196 valence electrons. The average Bonchev–Trinajstić information content (AvgIpc) is 3.56. The third-order valence-corrected chi connectivity index (χ3v) is 7.28. The first kappa shape index (κ1) is 25.2. The molecule has 0 unspecified atom stereocenters. The number of aromatic amines is 1. The van der Waals surface area contributed by atoms with Crippen molar-refractivity contribution in [1.29, 1.82) is 0 Å². The van der Waals surface area contributed by atoms with E-state index < -0.39 is 34.5 Å². The lowest BCUT2D eigenvalue weighted by Crippen LogP contribution is -2.34. The van der Waals surface area contributed by atoms with Crippen LogP contribution < -0.4 is 4.74 Å². The fourth-order valence-corrected chi connectivity index (χ4v) is 5.59. The zero-order valence-corrected chi connectivity index (χ0v) is 21.3. The summed E-state index contributed by atoms with van der Waals surface area (Å²) >= 11 is 0. The standard InChI is InChI=1S/C27H29F2N3O5/c1-26(2,13-35-4)24-20(15-10-27(3,25(33)34)37-12-15)21-18(8-14-11-30-31-23(14)22(21)29)32(24)16-6-7-17(28)19(9-16)36-5/h6-9,11,15H,10,12-13H2,1-5H3,(H,30,31)(H,33,34)/t15-,27+/m1/s1. The number of carbonyl (C=O) groups is 1. The summed E-state index contributed by atoms with van der Waals surface area (Å²) in [5.41, 5.74) is 0.647. The van der Waals surface area contributed by atoms with Crippen molar-refractivity contribution >= 4 is 27.8 Å². The molecule has 0 aliphatic carbocycles. The third-order valence-electron chi connectivity index (χ3n) is 7.28. The lowest BCUT2D eigenvalue weighted by Gasteiger charge is -2.29. The first-order valence-corrected chi connectivity index (χ1v) is 11.9. The molecule has 0 amide bonds. The van der Waals surface area contributed by atoms with Crippen molar-refractivity contribution in [3.63, 3.8) is 0 Å². The quantitative estimate of drug-likeness (QED) is 0.358. The molecule has 4 aromatic rings. The maximum absolute atomic E-state index is 16.3. The van der Waals surface area contributed by atoms with Crippen LogP contribution in [0.4, 0.5) is 8.78 Å². The van der Waals surface area contributed by atoms with Crippen molar-refractivity contribution in [2.75, 3.05) is 27.4 Å². The molecule has 2 N–H and O–H groups in total. The minimum atomic E-state index is -1.41. The van der Waals surface area contributed by atoms with E-state index >= 15 is 4.39 Å². The zero-order chi connectivity index (χ0) is 26.7. The molecule has 1 saturated heterocycles. The Morgan fingerprint density at radius 1 is 1.32 bits per heavy atom. The van der Waals surface area contributed by atoms with Gasteiger partial charge in [-0.2, -0.15) is 5.10 Å². The molecule has 1 fully saturated rings. The number of aromatic nitrogens is 3. The van der Waals surface area contributed by atoms with Gasteiger partial charge in [0.1, 0.15) is 5.52 Å². The number of carboxylic acid groups (broad SMARTS) is 1. The molecule has 5 rings (SSSR count). The lowest BCUT2D eigenvalue weighted by molar-refractivity contribution is -0.157. The van der Waals surface area contributed by atoms with E-state index in [2.05, 4.69) is 10.2 Å². The summed E-state index contributed by atoms with van der Waals surface area (Å²) in [4.78, 5) is 12.0. The molecule has 37 heavy (non-hydrogen) atoms. The van der Waals surface area contributed by atoms with Crippen molar-refractivity contribution in [2.24, 2.45) is 0 Å². The van der Waals surface area contributed by atoms with Crippen LogP contribution in [-0.4, -0.2) is 58.9 Å². The Hall–Kier alpha value is -3.50. The van der Waals surface area contributed by atoms with Crippen LogP contribution in [0.15, 0.2) is 30.5 Å². The molecule has 1 aliphatic heterocycles. The van der Waals surface area contributed by atoms with Gasteiger partial charge in [0.15, 0.2) is 23.0 Å². The number of halogens is 2. The van der Waals surface area contributed by atoms with Crippen LogP contribution >= 0.6 is 0 Å². The summed E-state index contributed by atoms with van der Waals surface area (Å²) in [6.45, 7) is 5.87. The highest BCUT2D eigenvalue weighted by atomic mass is 19.1. The zero-order valence-electron chi connectivity index (χ0n) is 21.3. The predicted octanol–water partition coefficient (Wildman–Crippen LogP) is 5.06. The smallest absolute Gasteiger partial charge is 0.335 e. The van der Waals surface area contributed by atoms with Gasteiger partial charge >= 0.3 is 5.97 Å². The van der Waals surface area contributed by atoms with Crippen LogP contribution in [0, 0.1) is 11.6 Å². The van der Waals surface area contributed by atoms with Gasteiger partial charge in [-0.1, -0.05) is 13.8 Å². The van der Waals surface area contributed by atoms with Crippen LogP contribution in [-0.2, 0) is 19.7 Å². The van der Waals surface area contributed by atoms with Crippen LogP contribution in [0.2, 0.25) is 0 Å². The summed E-state index contributed by atoms with van der Waals surface area (Å²) in [6, 6.07) is 6.31. The summed E-state index contributed by atoms with van der Waals surface area (Å²) in [5, 5.41) is 17.5. The molecular weight excluding hydrogens is 484 g/mol. The molecule has 0 spiro atoms. The molecule has 3 heterocycles. The molecule has 1 aliphatic rings. The van der Waals surface area contributed by atoms with E-state index in [0.29, 0.717) is 34.1 Å². The van der Waals surface area contributed by atoms with E-state index in [1.54, 1.807) is 25.4 Å². The van der Waals surface area contributed by atoms with Crippen molar-refractivity contribution in [2.45, 2.75) is 44.1 Å². The number of aliphatic carboxylic acids is 1. The van der Waals surface area contributed by atoms with Gasteiger partial charge in [-0.15, -0.1) is 0 Å². The molecule has 0 radical (unpaired) electrons. The largest absolute Gasteiger partial charge is 0.494 e. The van der Waals surface area contributed by atoms with Gasteiger partial charge in [-0.3, -0.25) is 5.10 Å². The number of benzene rings is 2. The van der Waals surface area contributed by atoms with Gasteiger partial charge in [-0.25, -0.2) is 13.6 Å². The van der Waals surface area contributed by atoms with Crippen molar-refractivity contribution in [3.05, 3.63) is 53.4 Å². The Bertz CT molecular complexity index is 1530. The van der Waals surface area contributed by atoms with Gasteiger partial charge in [-0.05, 0) is 37.1 Å². The van der Waals surface area contributed by atoms with Gasteiger partial charge < -0.3 is 23.9 Å². The Labute approximate surface area is 212 Å². The topological polar surface area (TPSA) is 98.6 Å². The van der Waals surface area contributed by atoms with E-state index in [-0.39, 0.29) is 24.3 Å². The number of hydrogen-bond donors (Lipinski definition) is 2. The molecule has 8 nitrogen and oxygen atoms in total. The van der Waals surface area contributed by atoms with Crippen LogP contribution in [0.1, 0.15) is 44.4 Å². The Balaban J connectivity index is 1.93. The van der Waals surface area contributed by atoms with E-state index in [9.17, 15) is 14.3 Å². The second-order valence-electron chi connectivity index (χ2n) is 10.4. The number of fused-ring (bicyclic) bond motifs is 2. The summed E-state index contributed by atoms with van der Waals surface area (Å²) < 4.78 is 49.2. The lowest BCUT2D eigenvalue weighted by atomic mass is 9.80. The maximum atomic E-state index is 16.3. The molecular formula is C27H29F2N3O5. The molecule has 2 atom stereocenters. The number of H-pyrrole nitrogens is 1. The fraction of sp³-hybridized carbons (Fsp3) is 0.407. The highest BCUT2D eigenvalue weighted by Crippen LogP contribution is 2.48. The van der Waals surface area contributed by atoms with Gasteiger partial charge in [0.2, 0.25) is 0 Å². The van der Waals surface area contributed by atoms with E-state index in [1.807, 2.05) is 24.5 Å². The average molecular weight is 514 g/mol. The number of carboxylic acids is 1. The van der Waals surface area contributed by atoms with Gasteiger partial charge in [0.05, 0.1) is 32.0 Å². The Morgan fingerprint density at radius 2 is 2.08 bits per heavy atom. The minimum absolute atomic E-state index is 0.0453. The monoisotopic (exact) mass is 513 g/mol. The number of rotatable bonds is 7. The van der Waals surface area contributed by atoms with E-state index in [4.69, 9.17) is 14.2 Å². The fourth-order valence-electron chi connectivity index (χ4n) is 5.59. The van der Waals surface area contributed by atoms with Crippen LogP contribution in [0.5, 0.6) is 5.75 Å². The van der Waals surface area contributed by atoms with Crippen molar-refractivity contribution in [1.82, 2.24) is 14.8 Å². The first-order chi connectivity index (χ1) is 17.5. The Morgan fingerprint density at radius 3 is 2.73 bits per heavy atom. The SMILES string of the molecule is COCC(C)(C)c1c([C@H]2CO[C@](C)(C(=O)O)C2)c2c(F)c3[nH]ncc3cc2n1-c1ccc(F)c(OC)c1. The third kappa shape index (κ3) is 3.86. The molecule has 0 saturated carbocycles. The van der Waals surface area contributed by atoms with E-state index in [1.165, 1.54) is 20.1 Å². The Kier molecular flexibility index (Phi) is 5.99.